The second-order valence-electron chi connectivity index (χ2n) is 4.97. The number of anilines is 1. The lowest BCUT2D eigenvalue weighted by molar-refractivity contribution is -0.121. The van der Waals surface area contributed by atoms with Gasteiger partial charge in [0.2, 0.25) is 5.91 Å². The van der Waals surface area contributed by atoms with Crippen LogP contribution in [0.15, 0.2) is 18.2 Å². The van der Waals surface area contributed by atoms with Gasteiger partial charge in [0.05, 0.1) is 0 Å². The van der Waals surface area contributed by atoms with Crippen molar-refractivity contribution >= 4 is 34.2 Å². The molecule has 0 heterocycles. The van der Waals surface area contributed by atoms with Gasteiger partial charge in [-0.3, -0.25) is 4.79 Å². The van der Waals surface area contributed by atoms with E-state index in [-0.39, 0.29) is 11.9 Å². The van der Waals surface area contributed by atoms with Gasteiger partial charge in [0, 0.05) is 15.8 Å². The number of carbonyl (C=O) groups excluding carboxylic acids is 1. The highest BCUT2D eigenvalue weighted by atomic mass is 127. The van der Waals surface area contributed by atoms with Gasteiger partial charge in [0.1, 0.15) is 6.04 Å². The van der Waals surface area contributed by atoms with Crippen molar-refractivity contribution in [1.29, 1.82) is 0 Å². The lowest BCUT2D eigenvalue weighted by Gasteiger charge is -2.16. The first-order chi connectivity index (χ1) is 8.40. The molecule has 0 saturated heterocycles. The SMILES string of the molecule is Cc1ccc(NC(C)C(=O)NCC(C)C)cc1I. The molecule has 0 fully saturated rings. The maximum absolute atomic E-state index is 11.8. The van der Waals surface area contributed by atoms with Crippen molar-refractivity contribution in [2.24, 2.45) is 5.92 Å². The molecule has 0 aromatic heterocycles. The van der Waals surface area contributed by atoms with E-state index in [0.29, 0.717) is 5.92 Å². The fourth-order valence-corrected chi connectivity index (χ4v) is 1.97. The zero-order chi connectivity index (χ0) is 13.7. The van der Waals surface area contributed by atoms with Gasteiger partial charge in [0.25, 0.3) is 0 Å². The maximum Gasteiger partial charge on any atom is 0.242 e. The third kappa shape index (κ3) is 4.84. The van der Waals surface area contributed by atoms with E-state index in [1.165, 1.54) is 9.13 Å². The molecule has 18 heavy (non-hydrogen) atoms. The van der Waals surface area contributed by atoms with Gasteiger partial charge in [-0.05, 0) is 60.1 Å². The average Bonchev–Trinajstić information content (AvgIpc) is 2.30. The van der Waals surface area contributed by atoms with Crippen LogP contribution in [0.1, 0.15) is 26.3 Å². The van der Waals surface area contributed by atoms with Crippen LogP contribution in [0.5, 0.6) is 0 Å². The second-order valence-corrected chi connectivity index (χ2v) is 6.13. The Hall–Kier alpha value is -0.780. The molecule has 1 aromatic carbocycles. The van der Waals surface area contributed by atoms with E-state index >= 15 is 0 Å². The first-order valence-electron chi connectivity index (χ1n) is 6.20. The maximum atomic E-state index is 11.8. The van der Waals surface area contributed by atoms with E-state index in [1.54, 1.807) is 0 Å². The molecule has 1 atom stereocenters. The molecule has 1 rings (SSSR count). The Bertz CT molecular complexity index is 418. The summed E-state index contributed by atoms with van der Waals surface area (Å²) in [5.74, 6) is 0.515. The Morgan fingerprint density at radius 3 is 2.56 bits per heavy atom. The van der Waals surface area contributed by atoms with Crippen LogP contribution in [-0.2, 0) is 4.79 Å². The Kier molecular flexibility index (Phi) is 5.91. The summed E-state index contributed by atoms with van der Waals surface area (Å²) < 4.78 is 1.20. The van der Waals surface area contributed by atoms with E-state index in [0.717, 1.165) is 12.2 Å². The van der Waals surface area contributed by atoms with E-state index in [4.69, 9.17) is 0 Å². The molecule has 0 aliphatic heterocycles. The Balaban J connectivity index is 2.55. The molecule has 0 radical (unpaired) electrons. The molecule has 4 heteroatoms. The highest BCUT2D eigenvalue weighted by Crippen LogP contribution is 2.17. The van der Waals surface area contributed by atoms with E-state index in [2.05, 4.69) is 66.1 Å². The minimum Gasteiger partial charge on any atom is -0.374 e. The number of hydrogen-bond donors (Lipinski definition) is 2. The van der Waals surface area contributed by atoms with Gasteiger partial charge >= 0.3 is 0 Å². The summed E-state index contributed by atoms with van der Waals surface area (Å²) in [7, 11) is 0. The van der Waals surface area contributed by atoms with Crippen LogP contribution in [0.3, 0.4) is 0 Å². The standard InChI is InChI=1S/C14H21IN2O/c1-9(2)8-16-14(18)11(4)17-12-6-5-10(3)13(15)7-12/h5-7,9,11,17H,8H2,1-4H3,(H,16,18). The minimum absolute atomic E-state index is 0.0410. The number of benzene rings is 1. The highest BCUT2D eigenvalue weighted by Gasteiger charge is 2.12. The first-order valence-corrected chi connectivity index (χ1v) is 7.28. The zero-order valence-corrected chi connectivity index (χ0v) is 13.5. The molecular weight excluding hydrogens is 339 g/mol. The molecule has 0 saturated carbocycles. The summed E-state index contributed by atoms with van der Waals surface area (Å²) in [6.45, 7) is 8.84. The lowest BCUT2D eigenvalue weighted by atomic mass is 10.2. The fraction of sp³-hybridized carbons (Fsp3) is 0.500. The molecule has 0 aliphatic carbocycles. The van der Waals surface area contributed by atoms with Crippen LogP contribution >= 0.6 is 22.6 Å². The number of halogens is 1. The summed E-state index contributed by atoms with van der Waals surface area (Å²) in [5, 5.41) is 6.14. The summed E-state index contributed by atoms with van der Waals surface area (Å²) in [4.78, 5) is 11.8. The molecule has 100 valence electrons. The Morgan fingerprint density at radius 1 is 1.33 bits per heavy atom. The largest absolute Gasteiger partial charge is 0.374 e. The second kappa shape index (κ2) is 6.97. The molecule has 1 amide bonds. The van der Waals surface area contributed by atoms with Crippen LogP contribution in [0, 0.1) is 16.4 Å². The third-order valence-corrected chi connectivity index (χ3v) is 3.80. The quantitative estimate of drug-likeness (QED) is 0.792. The number of rotatable bonds is 5. The Labute approximate surface area is 123 Å². The predicted octanol–water partition coefficient (Wildman–Crippen LogP) is 3.17. The van der Waals surface area contributed by atoms with Crippen LogP contribution < -0.4 is 10.6 Å². The van der Waals surface area contributed by atoms with E-state index in [9.17, 15) is 4.79 Å². The smallest absolute Gasteiger partial charge is 0.242 e. The topological polar surface area (TPSA) is 41.1 Å². The van der Waals surface area contributed by atoms with Crippen molar-refractivity contribution in [1.82, 2.24) is 5.32 Å². The lowest BCUT2D eigenvalue weighted by Crippen LogP contribution is -2.39. The van der Waals surface area contributed by atoms with Gasteiger partial charge in [-0.1, -0.05) is 19.9 Å². The fourth-order valence-electron chi connectivity index (χ4n) is 1.46. The normalized spacial score (nSPS) is 12.3. The molecule has 0 bridgehead atoms. The van der Waals surface area contributed by atoms with Crippen molar-refractivity contribution in [2.45, 2.75) is 33.7 Å². The summed E-state index contributed by atoms with van der Waals surface area (Å²) >= 11 is 2.30. The van der Waals surface area contributed by atoms with Crippen molar-refractivity contribution in [3.63, 3.8) is 0 Å². The number of hydrogen-bond acceptors (Lipinski definition) is 2. The molecule has 1 unspecified atom stereocenters. The van der Waals surface area contributed by atoms with Gasteiger partial charge < -0.3 is 10.6 Å². The predicted molar refractivity (Wildman–Crippen MR) is 84.8 cm³/mol. The highest BCUT2D eigenvalue weighted by molar-refractivity contribution is 14.1. The van der Waals surface area contributed by atoms with Crippen LogP contribution in [-0.4, -0.2) is 18.5 Å². The van der Waals surface area contributed by atoms with Gasteiger partial charge in [-0.15, -0.1) is 0 Å². The average molecular weight is 360 g/mol. The van der Waals surface area contributed by atoms with Gasteiger partial charge in [0.15, 0.2) is 0 Å². The first kappa shape index (κ1) is 15.3. The van der Waals surface area contributed by atoms with E-state index in [1.807, 2.05) is 13.0 Å². The zero-order valence-electron chi connectivity index (χ0n) is 11.4. The molecule has 1 aromatic rings. The molecular formula is C14H21IN2O. The summed E-state index contributed by atoms with van der Waals surface area (Å²) in [5.41, 5.74) is 2.23. The van der Waals surface area contributed by atoms with Gasteiger partial charge in [-0.25, -0.2) is 0 Å². The molecule has 2 N–H and O–H groups in total. The molecule has 0 aliphatic rings. The van der Waals surface area contributed by atoms with Crippen molar-refractivity contribution in [3.8, 4) is 0 Å². The van der Waals surface area contributed by atoms with Crippen LogP contribution in [0.25, 0.3) is 0 Å². The van der Waals surface area contributed by atoms with Crippen LogP contribution in [0.4, 0.5) is 5.69 Å². The minimum atomic E-state index is -0.220. The number of aryl methyl sites for hydroxylation is 1. The third-order valence-electron chi connectivity index (χ3n) is 2.63. The van der Waals surface area contributed by atoms with Crippen molar-refractivity contribution < 1.29 is 4.79 Å². The van der Waals surface area contributed by atoms with Crippen molar-refractivity contribution in [2.75, 3.05) is 11.9 Å². The van der Waals surface area contributed by atoms with Crippen molar-refractivity contribution in [3.05, 3.63) is 27.3 Å². The Morgan fingerprint density at radius 2 is 2.00 bits per heavy atom. The monoisotopic (exact) mass is 360 g/mol. The molecule has 3 nitrogen and oxygen atoms in total. The molecule has 0 spiro atoms. The number of amides is 1. The number of carbonyl (C=O) groups is 1. The summed E-state index contributed by atoms with van der Waals surface area (Å²) in [6, 6.07) is 5.90. The van der Waals surface area contributed by atoms with E-state index < -0.39 is 0 Å². The van der Waals surface area contributed by atoms with Crippen LogP contribution in [0.2, 0.25) is 0 Å². The van der Waals surface area contributed by atoms with Gasteiger partial charge in [-0.2, -0.15) is 0 Å². The summed E-state index contributed by atoms with van der Waals surface area (Å²) in [6.07, 6.45) is 0. The number of nitrogens with one attached hydrogen (secondary N) is 2.